The largest absolute Gasteiger partial charge is 0.329 e. The van der Waals surface area contributed by atoms with Crippen LogP contribution in [0.25, 0.3) is 0 Å². The zero-order valence-corrected chi connectivity index (χ0v) is 8.10. The van der Waals surface area contributed by atoms with Gasteiger partial charge in [-0.15, -0.1) is 0 Å². The number of carbonyl (C=O) groups excluding carboxylic acids is 2. The van der Waals surface area contributed by atoms with E-state index in [0.717, 1.165) is 24.3 Å². The second-order valence-electron chi connectivity index (χ2n) is 3.29. The molecule has 2 fully saturated rings. The average Bonchev–Trinajstić information content (AvgIpc) is 2.48. The quantitative estimate of drug-likeness (QED) is 0.625. The first kappa shape index (κ1) is 8.87. The van der Waals surface area contributed by atoms with Gasteiger partial charge < -0.3 is 5.32 Å². The highest BCUT2D eigenvalue weighted by Crippen LogP contribution is 2.22. The maximum atomic E-state index is 11.3. The summed E-state index contributed by atoms with van der Waals surface area (Å²) < 4.78 is 0. The molecule has 2 saturated heterocycles. The van der Waals surface area contributed by atoms with Crippen LogP contribution in [0.15, 0.2) is 0 Å². The standard InChI is InChI=1S/C8H12N2O2S/c11-7-4-9-8(12)10(7)6-2-1-3-13-5-6/h6H,1-5H2,(H,9,12). The highest BCUT2D eigenvalue weighted by molar-refractivity contribution is 7.99. The summed E-state index contributed by atoms with van der Waals surface area (Å²) in [5.41, 5.74) is 0. The molecule has 0 radical (unpaired) electrons. The van der Waals surface area contributed by atoms with E-state index < -0.39 is 0 Å². The van der Waals surface area contributed by atoms with Crippen molar-refractivity contribution in [2.45, 2.75) is 18.9 Å². The Hall–Kier alpha value is -0.710. The van der Waals surface area contributed by atoms with Crippen molar-refractivity contribution in [2.24, 2.45) is 0 Å². The molecule has 2 aliphatic rings. The average molecular weight is 200 g/mol. The van der Waals surface area contributed by atoms with E-state index in [1.54, 1.807) is 0 Å². The summed E-state index contributed by atoms with van der Waals surface area (Å²) in [4.78, 5) is 24.0. The van der Waals surface area contributed by atoms with Crippen molar-refractivity contribution in [2.75, 3.05) is 18.1 Å². The summed E-state index contributed by atoms with van der Waals surface area (Å²) in [5, 5.41) is 2.54. The maximum absolute atomic E-state index is 11.3. The van der Waals surface area contributed by atoms with Gasteiger partial charge in [0.05, 0.1) is 12.6 Å². The molecule has 0 bridgehead atoms. The van der Waals surface area contributed by atoms with Crippen molar-refractivity contribution in [3.63, 3.8) is 0 Å². The van der Waals surface area contributed by atoms with Crippen molar-refractivity contribution in [1.29, 1.82) is 0 Å². The number of thioether (sulfide) groups is 1. The molecule has 3 amide bonds. The van der Waals surface area contributed by atoms with Crippen LogP contribution >= 0.6 is 11.8 Å². The van der Waals surface area contributed by atoms with E-state index in [1.165, 1.54) is 4.90 Å². The number of amides is 3. The zero-order chi connectivity index (χ0) is 9.26. The summed E-state index contributed by atoms with van der Waals surface area (Å²) in [5.74, 6) is 1.98. The maximum Gasteiger partial charge on any atom is 0.324 e. The predicted octanol–water partition coefficient (Wildman–Crippen LogP) is 0.434. The van der Waals surface area contributed by atoms with Crippen LogP contribution in [0.5, 0.6) is 0 Å². The topological polar surface area (TPSA) is 49.4 Å². The number of nitrogens with zero attached hydrogens (tertiary/aromatic N) is 1. The van der Waals surface area contributed by atoms with Crippen LogP contribution < -0.4 is 5.32 Å². The summed E-state index contributed by atoms with van der Waals surface area (Å²) in [6.07, 6.45) is 2.07. The minimum Gasteiger partial charge on any atom is -0.329 e. The Balaban J connectivity index is 2.05. The highest BCUT2D eigenvalue weighted by Gasteiger charge is 2.35. The Labute approximate surface area is 81.0 Å². The molecule has 1 N–H and O–H groups in total. The number of carbonyl (C=O) groups is 2. The van der Waals surface area contributed by atoms with E-state index in [4.69, 9.17) is 0 Å². The van der Waals surface area contributed by atoms with Crippen LogP contribution in [0, 0.1) is 0 Å². The van der Waals surface area contributed by atoms with Crippen molar-refractivity contribution in [3.8, 4) is 0 Å². The lowest BCUT2D eigenvalue weighted by molar-refractivity contribution is -0.126. The summed E-state index contributed by atoms with van der Waals surface area (Å²) in [6, 6.07) is -0.0775. The van der Waals surface area contributed by atoms with Gasteiger partial charge in [-0.2, -0.15) is 11.8 Å². The second kappa shape index (κ2) is 3.57. The molecule has 13 heavy (non-hydrogen) atoms. The van der Waals surface area contributed by atoms with Crippen LogP contribution in [0.4, 0.5) is 4.79 Å². The van der Waals surface area contributed by atoms with Crippen molar-refractivity contribution in [1.82, 2.24) is 10.2 Å². The molecule has 1 unspecified atom stereocenters. The lowest BCUT2D eigenvalue weighted by Gasteiger charge is -2.27. The van der Waals surface area contributed by atoms with E-state index in [0.29, 0.717) is 0 Å². The van der Waals surface area contributed by atoms with Gasteiger partial charge in [-0.1, -0.05) is 0 Å². The van der Waals surface area contributed by atoms with Crippen LogP contribution in [0.3, 0.4) is 0 Å². The molecule has 1 atom stereocenters. The molecule has 0 aliphatic carbocycles. The summed E-state index contributed by atoms with van der Waals surface area (Å²) >= 11 is 1.82. The lowest BCUT2D eigenvalue weighted by Crippen LogP contribution is -2.43. The lowest BCUT2D eigenvalue weighted by atomic mass is 10.1. The smallest absolute Gasteiger partial charge is 0.324 e. The number of nitrogens with one attached hydrogen (secondary N) is 1. The number of rotatable bonds is 1. The van der Waals surface area contributed by atoms with E-state index in [9.17, 15) is 9.59 Å². The van der Waals surface area contributed by atoms with Gasteiger partial charge in [0.2, 0.25) is 5.91 Å². The second-order valence-corrected chi connectivity index (χ2v) is 4.44. The Morgan fingerprint density at radius 2 is 2.31 bits per heavy atom. The first-order chi connectivity index (χ1) is 6.29. The van der Waals surface area contributed by atoms with Gasteiger partial charge in [-0.05, 0) is 18.6 Å². The Bertz CT molecular complexity index is 222. The van der Waals surface area contributed by atoms with Gasteiger partial charge in [-0.25, -0.2) is 4.79 Å². The third-order valence-electron chi connectivity index (χ3n) is 2.38. The number of hydrogen-bond acceptors (Lipinski definition) is 3. The van der Waals surface area contributed by atoms with Crippen LogP contribution in [-0.4, -0.2) is 40.9 Å². The monoisotopic (exact) mass is 200 g/mol. The number of hydrogen-bond donors (Lipinski definition) is 1. The van der Waals surface area contributed by atoms with Gasteiger partial charge in [0, 0.05) is 5.75 Å². The third kappa shape index (κ3) is 1.65. The first-order valence-electron chi connectivity index (χ1n) is 4.46. The van der Waals surface area contributed by atoms with Crippen LogP contribution in [0.1, 0.15) is 12.8 Å². The SMILES string of the molecule is O=C1CNC(=O)N1C1CCCSC1. The van der Waals surface area contributed by atoms with Crippen LogP contribution in [-0.2, 0) is 4.79 Å². The van der Waals surface area contributed by atoms with E-state index in [-0.39, 0.29) is 24.5 Å². The molecule has 0 aromatic carbocycles. The van der Waals surface area contributed by atoms with E-state index in [1.807, 2.05) is 11.8 Å². The fraction of sp³-hybridized carbons (Fsp3) is 0.750. The molecular formula is C8H12N2O2S. The van der Waals surface area contributed by atoms with E-state index >= 15 is 0 Å². The zero-order valence-electron chi connectivity index (χ0n) is 7.28. The molecule has 0 aromatic heterocycles. The van der Waals surface area contributed by atoms with Gasteiger partial charge in [0.25, 0.3) is 0 Å². The molecule has 2 aliphatic heterocycles. The van der Waals surface area contributed by atoms with Gasteiger partial charge in [0.1, 0.15) is 0 Å². The van der Waals surface area contributed by atoms with Crippen molar-refractivity contribution in [3.05, 3.63) is 0 Å². The fourth-order valence-electron chi connectivity index (χ4n) is 1.73. The highest BCUT2D eigenvalue weighted by atomic mass is 32.2. The fourth-order valence-corrected chi connectivity index (χ4v) is 2.86. The molecule has 2 heterocycles. The molecule has 0 spiro atoms. The normalized spacial score (nSPS) is 29.2. The molecule has 72 valence electrons. The first-order valence-corrected chi connectivity index (χ1v) is 5.62. The molecule has 0 aromatic rings. The van der Waals surface area contributed by atoms with Gasteiger partial charge in [0.15, 0.2) is 0 Å². The van der Waals surface area contributed by atoms with Crippen molar-refractivity contribution < 1.29 is 9.59 Å². The number of urea groups is 1. The molecule has 5 heteroatoms. The minimum absolute atomic E-state index is 0.0718. The Kier molecular flexibility index (Phi) is 2.44. The molecule has 2 rings (SSSR count). The summed E-state index contributed by atoms with van der Waals surface area (Å²) in [6.45, 7) is 0.181. The minimum atomic E-state index is -0.211. The molecular weight excluding hydrogens is 188 g/mol. The number of imide groups is 1. The van der Waals surface area contributed by atoms with Gasteiger partial charge in [-0.3, -0.25) is 9.69 Å². The van der Waals surface area contributed by atoms with E-state index in [2.05, 4.69) is 5.32 Å². The Morgan fingerprint density at radius 3 is 2.85 bits per heavy atom. The molecule has 0 saturated carbocycles. The van der Waals surface area contributed by atoms with Crippen molar-refractivity contribution >= 4 is 23.7 Å². The predicted molar refractivity (Wildman–Crippen MR) is 50.6 cm³/mol. The molecule has 4 nitrogen and oxygen atoms in total. The van der Waals surface area contributed by atoms with Gasteiger partial charge >= 0.3 is 6.03 Å². The summed E-state index contributed by atoms with van der Waals surface area (Å²) in [7, 11) is 0. The Morgan fingerprint density at radius 1 is 1.46 bits per heavy atom. The third-order valence-corrected chi connectivity index (χ3v) is 3.58. The van der Waals surface area contributed by atoms with Crippen LogP contribution in [0.2, 0.25) is 0 Å².